The third-order valence-corrected chi connectivity index (χ3v) is 4.23. The van der Waals surface area contributed by atoms with Gasteiger partial charge in [-0.05, 0) is 31.0 Å². The van der Waals surface area contributed by atoms with Crippen molar-refractivity contribution in [3.8, 4) is 0 Å². The predicted molar refractivity (Wildman–Crippen MR) is 98.3 cm³/mol. The lowest BCUT2D eigenvalue weighted by Gasteiger charge is -2.07. The molecule has 0 radical (unpaired) electrons. The molecule has 132 valence electrons. The highest BCUT2D eigenvalue weighted by Crippen LogP contribution is 2.22. The molecule has 1 N–H and O–H groups in total. The molecule has 0 fully saturated rings. The number of nitro groups is 1. The molecule has 0 aliphatic rings. The number of rotatable bonds is 5. The summed E-state index contributed by atoms with van der Waals surface area (Å²) in [4.78, 5) is 23.0. The Bertz CT molecular complexity index is 978. The fourth-order valence-electron chi connectivity index (χ4n) is 2.74. The minimum Gasteiger partial charge on any atom is -0.319 e. The first-order valence-electron chi connectivity index (χ1n) is 8.08. The number of nitrogens with zero attached hydrogens (tertiary/aromatic N) is 3. The first-order valence-corrected chi connectivity index (χ1v) is 8.08. The summed E-state index contributed by atoms with van der Waals surface area (Å²) in [7, 11) is 0. The van der Waals surface area contributed by atoms with Gasteiger partial charge >= 0.3 is 0 Å². The Labute approximate surface area is 150 Å². The minimum atomic E-state index is -0.494. The number of nitrogens with one attached hydrogen (secondary N) is 1. The lowest BCUT2D eigenvalue weighted by atomic mass is 10.1. The molecule has 0 spiro atoms. The van der Waals surface area contributed by atoms with Crippen molar-refractivity contribution in [2.24, 2.45) is 0 Å². The molecule has 7 nitrogen and oxygen atoms in total. The second kappa shape index (κ2) is 7.18. The quantitative estimate of drug-likeness (QED) is 0.561. The van der Waals surface area contributed by atoms with Crippen LogP contribution in [0.1, 0.15) is 27.0 Å². The van der Waals surface area contributed by atoms with Crippen LogP contribution in [0.5, 0.6) is 0 Å². The molecule has 1 amide bonds. The topological polar surface area (TPSA) is 90.1 Å². The van der Waals surface area contributed by atoms with E-state index in [0.717, 1.165) is 5.56 Å². The monoisotopic (exact) mass is 350 g/mol. The first-order chi connectivity index (χ1) is 12.5. The Morgan fingerprint density at radius 3 is 2.69 bits per heavy atom. The fourth-order valence-corrected chi connectivity index (χ4v) is 2.74. The molecular formula is C19H18N4O3. The van der Waals surface area contributed by atoms with Gasteiger partial charge in [0.25, 0.3) is 11.6 Å². The van der Waals surface area contributed by atoms with Gasteiger partial charge < -0.3 is 5.32 Å². The van der Waals surface area contributed by atoms with E-state index in [1.54, 1.807) is 30.1 Å². The highest BCUT2D eigenvalue weighted by molar-refractivity contribution is 6.05. The Morgan fingerprint density at radius 1 is 1.19 bits per heavy atom. The Balaban J connectivity index is 1.75. The smallest absolute Gasteiger partial charge is 0.273 e. The van der Waals surface area contributed by atoms with Gasteiger partial charge in [-0.3, -0.25) is 19.6 Å². The van der Waals surface area contributed by atoms with E-state index in [2.05, 4.69) is 10.4 Å². The molecular weight excluding hydrogens is 332 g/mol. The van der Waals surface area contributed by atoms with Crippen LogP contribution in [0.25, 0.3) is 0 Å². The van der Waals surface area contributed by atoms with Crippen LogP contribution in [0, 0.1) is 24.0 Å². The standard InChI is InChI=1S/C19H18N4O3/c1-13-6-3-4-7-15(13)11-22-12-16(10-20-22)21-19(24)17-8-5-9-18(14(17)2)23(25)26/h3-10,12H,11H2,1-2H3,(H,21,24). The number of amides is 1. The molecule has 0 saturated carbocycles. The number of aromatic nitrogens is 2. The van der Waals surface area contributed by atoms with Crippen molar-refractivity contribution in [1.82, 2.24) is 9.78 Å². The van der Waals surface area contributed by atoms with E-state index in [0.29, 0.717) is 17.8 Å². The summed E-state index contributed by atoms with van der Waals surface area (Å²) in [6.45, 7) is 4.19. The van der Waals surface area contributed by atoms with Crippen LogP contribution in [0.15, 0.2) is 54.9 Å². The summed E-state index contributed by atoms with van der Waals surface area (Å²) in [5.74, 6) is -0.401. The number of hydrogen-bond donors (Lipinski definition) is 1. The lowest BCUT2D eigenvalue weighted by molar-refractivity contribution is -0.385. The zero-order chi connectivity index (χ0) is 18.7. The van der Waals surface area contributed by atoms with Crippen molar-refractivity contribution in [2.45, 2.75) is 20.4 Å². The maximum absolute atomic E-state index is 12.5. The lowest BCUT2D eigenvalue weighted by Crippen LogP contribution is -2.13. The summed E-state index contributed by atoms with van der Waals surface area (Å²) in [5.41, 5.74) is 3.37. The number of hydrogen-bond acceptors (Lipinski definition) is 4. The highest BCUT2D eigenvalue weighted by Gasteiger charge is 2.18. The maximum Gasteiger partial charge on any atom is 0.273 e. The van der Waals surface area contributed by atoms with Gasteiger partial charge in [-0.2, -0.15) is 5.10 Å². The second-order valence-corrected chi connectivity index (χ2v) is 6.01. The molecule has 7 heteroatoms. The summed E-state index contributed by atoms with van der Waals surface area (Å²) in [6, 6.07) is 12.5. The van der Waals surface area contributed by atoms with Gasteiger partial charge in [0.15, 0.2) is 0 Å². The Hall–Kier alpha value is -3.48. The Kier molecular flexibility index (Phi) is 4.79. The number of benzene rings is 2. The van der Waals surface area contributed by atoms with Crippen LogP contribution < -0.4 is 5.32 Å². The van der Waals surface area contributed by atoms with Crippen LogP contribution in [0.2, 0.25) is 0 Å². The molecule has 0 bridgehead atoms. The van der Waals surface area contributed by atoms with Crippen LogP contribution in [0.3, 0.4) is 0 Å². The molecule has 1 aromatic heterocycles. The van der Waals surface area contributed by atoms with Gasteiger partial charge in [-0.25, -0.2) is 0 Å². The maximum atomic E-state index is 12.5. The van der Waals surface area contributed by atoms with Gasteiger partial charge in [0.2, 0.25) is 0 Å². The number of carbonyl (C=O) groups excluding carboxylic acids is 1. The molecule has 26 heavy (non-hydrogen) atoms. The minimum absolute atomic E-state index is 0.0760. The van der Waals surface area contributed by atoms with Gasteiger partial charge in [0, 0.05) is 23.4 Å². The molecule has 3 rings (SSSR count). The van der Waals surface area contributed by atoms with Crippen LogP contribution in [-0.4, -0.2) is 20.6 Å². The third-order valence-electron chi connectivity index (χ3n) is 4.23. The molecule has 0 saturated heterocycles. The summed E-state index contributed by atoms with van der Waals surface area (Å²) < 4.78 is 1.73. The van der Waals surface area contributed by atoms with Gasteiger partial charge in [-0.1, -0.05) is 30.3 Å². The molecule has 2 aromatic carbocycles. The van der Waals surface area contributed by atoms with Crippen molar-refractivity contribution in [3.63, 3.8) is 0 Å². The normalized spacial score (nSPS) is 10.5. The molecule has 1 heterocycles. The first kappa shape index (κ1) is 17.3. The van der Waals surface area contributed by atoms with Gasteiger partial charge in [-0.15, -0.1) is 0 Å². The third kappa shape index (κ3) is 3.61. The van der Waals surface area contributed by atoms with E-state index < -0.39 is 10.8 Å². The van der Waals surface area contributed by atoms with E-state index in [9.17, 15) is 14.9 Å². The van der Waals surface area contributed by atoms with E-state index in [1.807, 2.05) is 31.2 Å². The van der Waals surface area contributed by atoms with Crippen LogP contribution >= 0.6 is 0 Å². The van der Waals surface area contributed by atoms with Gasteiger partial charge in [0.05, 0.1) is 23.4 Å². The van der Waals surface area contributed by atoms with Crippen molar-refractivity contribution in [1.29, 1.82) is 0 Å². The number of carbonyl (C=O) groups is 1. The number of aryl methyl sites for hydroxylation is 1. The molecule has 0 aliphatic carbocycles. The highest BCUT2D eigenvalue weighted by atomic mass is 16.6. The summed E-state index contributed by atoms with van der Waals surface area (Å²) >= 11 is 0. The average Bonchev–Trinajstić information content (AvgIpc) is 3.03. The zero-order valence-electron chi connectivity index (χ0n) is 14.5. The second-order valence-electron chi connectivity index (χ2n) is 6.01. The van der Waals surface area contributed by atoms with Crippen LogP contribution in [-0.2, 0) is 6.54 Å². The average molecular weight is 350 g/mol. The van der Waals surface area contributed by atoms with E-state index in [1.165, 1.54) is 17.7 Å². The molecule has 3 aromatic rings. The van der Waals surface area contributed by atoms with E-state index in [-0.39, 0.29) is 11.3 Å². The fraction of sp³-hybridized carbons (Fsp3) is 0.158. The zero-order valence-corrected chi connectivity index (χ0v) is 14.5. The van der Waals surface area contributed by atoms with E-state index >= 15 is 0 Å². The summed E-state index contributed by atoms with van der Waals surface area (Å²) in [5, 5.41) is 18.0. The van der Waals surface area contributed by atoms with Crippen molar-refractivity contribution >= 4 is 17.3 Å². The van der Waals surface area contributed by atoms with E-state index in [4.69, 9.17) is 0 Å². The number of anilines is 1. The van der Waals surface area contributed by atoms with Gasteiger partial charge in [0.1, 0.15) is 0 Å². The molecule has 0 aliphatic heterocycles. The van der Waals surface area contributed by atoms with Crippen LogP contribution in [0.4, 0.5) is 11.4 Å². The molecule has 0 atom stereocenters. The Morgan fingerprint density at radius 2 is 1.96 bits per heavy atom. The molecule has 0 unspecified atom stereocenters. The van der Waals surface area contributed by atoms with Crippen molar-refractivity contribution in [3.05, 3.63) is 87.2 Å². The van der Waals surface area contributed by atoms with Crippen molar-refractivity contribution in [2.75, 3.05) is 5.32 Å². The summed E-state index contributed by atoms with van der Waals surface area (Å²) in [6.07, 6.45) is 3.29. The SMILES string of the molecule is Cc1ccccc1Cn1cc(NC(=O)c2cccc([N+](=O)[O-])c2C)cn1. The predicted octanol–water partition coefficient (Wildman–Crippen LogP) is 3.71. The van der Waals surface area contributed by atoms with Crippen molar-refractivity contribution < 1.29 is 9.72 Å². The number of nitro benzene ring substituents is 1. The largest absolute Gasteiger partial charge is 0.319 e.